The second kappa shape index (κ2) is 5.31. The fourth-order valence-electron chi connectivity index (χ4n) is 5.22. The fourth-order valence-corrected chi connectivity index (χ4v) is 5.22. The normalized spacial score (nSPS) is 12.3. The highest BCUT2D eigenvalue weighted by atomic mass is 16.1. The molecule has 138 valence electrons. The Labute approximate surface area is 170 Å². The third kappa shape index (κ3) is 1.79. The van der Waals surface area contributed by atoms with E-state index in [1.807, 2.05) is 66.7 Å². The number of fused-ring (bicyclic) bond motifs is 4. The van der Waals surface area contributed by atoms with Crippen molar-refractivity contribution in [2.45, 2.75) is 0 Å². The predicted molar refractivity (Wildman–Crippen MR) is 126 cm³/mol. The molecule has 0 atom stereocenters. The third-order valence-electron chi connectivity index (χ3n) is 6.53. The molecule has 2 nitrogen and oxygen atoms in total. The first kappa shape index (κ1) is 15.8. The van der Waals surface area contributed by atoms with Crippen molar-refractivity contribution in [1.29, 1.82) is 0 Å². The van der Waals surface area contributed by atoms with Crippen molar-refractivity contribution in [3.63, 3.8) is 0 Å². The zero-order valence-electron chi connectivity index (χ0n) is 15.9. The lowest BCUT2D eigenvalue weighted by atomic mass is 9.90. The Kier molecular flexibility index (Phi) is 2.80. The highest BCUT2D eigenvalue weighted by Crippen LogP contribution is 2.36. The van der Waals surface area contributed by atoms with Gasteiger partial charge >= 0.3 is 0 Å². The number of rotatable bonds is 0. The second-order valence-corrected chi connectivity index (χ2v) is 8.02. The van der Waals surface area contributed by atoms with Crippen LogP contribution in [0, 0.1) is 0 Å². The molecule has 7 aromatic carbocycles. The molecule has 2 heteroatoms. The summed E-state index contributed by atoms with van der Waals surface area (Å²) in [5.74, 6) is 0. The average molecular weight is 382 g/mol. The molecule has 0 aliphatic carbocycles. The van der Waals surface area contributed by atoms with E-state index in [4.69, 9.17) is 0 Å². The van der Waals surface area contributed by atoms with Gasteiger partial charge in [0.05, 0.1) is 0 Å². The molecular formula is C28H14O2. The molecule has 0 aromatic heterocycles. The second-order valence-electron chi connectivity index (χ2n) is 8.02. The van der Waals surface area contributed by atoms with Crippen LogP contribution in [0.25, 0.3) is 64.6 Å². The molecule has 7 rings (SSSR count). The summed E-state index contributed by atoms with van der Waals surface area (Å²) in [5, 5.41) is 10.7. The average Bonchev–Trinajstić information content (AvgIpc) is 2.80. The molecule has 0 radical (unpaired) electrons. The lowest BCUT2D eigenvalue weighted by Crippen LogP contribution is -2.07. The van der Waals surface area contributed by atoms with Crippen LogP contribution in [0.2, 0.25) is 0 Å². The number of benzene rings is 7. The summed E-state index contributed by atoms with van der Waals surface area (Å²) in [6, 6.07) is 27.8. The van der Waals surface area contributed by atoms with Crippen molar-refractivity contribution >= 4 is 64.6 Å². The Bertz CT molecular complexity index is 1780. The first-order chi connectivity index (χ1) is 14.7. The molecule has 0 saturated heterocycles. The predicted octanol–water partition coefficient (Wildman–Crippen LogP) is 6.20. The standard InChI is InChI=1S/C28H14O2/c29-27-19-11-3-7-15-5-1-9-17(25(15)19)21-13-22-18-10-2-6-16-8-4-12-20(26(16)18)28(30)24(22)14-23(21)27/h1-14H. The summed E-state index contributed by atoms with van der Waals surface area (Å²) >= 11 is 0. The first-order valence-corrected chi connectivity index (χ1v) is 10.0. The van der Waals surface area contributed by atoms with Crippen LogP contribution in [0.4, 0.5) is 0 Å². The van der Waals surface area contributed by atoms with Crippen LogP contribution in [0.15, 0.2) is 94.5 Å². The van der Waals surface area contributed by atoms with Crippen LogP contribution in [0.5, 0.6) is 0 Å². The highest BCUT2D eigenvalue weighted by Gasteiger charge is 2.16. The Hall–Kier alpha value is -4.04. The van der Waals surface area contributed by atoms with Crippen molar-refractivity contribution in [2.24, 2.45) is 0 Å². The largest absolute Gasteiger partial charge is 0.289 e. The molecule has 7 aromatic rings. The maximum Gasteiger partial charge on any atom is 0.194 e. The van der Waals surface area contributed by atoms with E-state index >= 15 is 0 Å². The minimum absolute atomic E-state index is 0.0121. The molecule has 30 heavy (non-hydrogen) atoms. The van der Waals surface area contributed by atoms with Gasteiger partial charge in [-0.1, -0.05) is 72.8 Å². The van der Waals surface area contributed by atoms with E-state index in [9.17, 15) is 9.59 Å². The molecule has 0 N–H and O–H groups in total. The quantitative estimate of drug-likeness (QED) is 0.231. The van der Waals surface area contributed by atoms with Gasteiger partial charge in [-0.3, -0.25) is 9.59 Å². The van der Waals surface area contributed by atoms with Gasteiger partial charge in [-0.25, -0.2) is 0 Å². The molecule has 0 bridgehead atoms. The van der Waals surface area contributed by atoms with Crippen molar-refractivity contribution in [3.8, 4) is 0 Å². The molecule has 0 unspecified atom stereocenters. The summed E-state index contributed by atoms with van der Waals surface area (Å²) in [7, 11) is 0. The van der Waals surface area contributed by atoms with Crippen molar-refractivity contribution < 1.29 is 0 Å². The zero-order chi connectivity index (χ0) is 20.0. The SMILES string of the molecule is O=c1c2cc3c(=O)c4cccc5cccc(c3cc2c2cccc3cccc1c32)c54. The van der Waals surface area contributed by atoms with E-state index in [1.165, 1.54) is 0 Å². The van der Waals surface area contributed by atoms with Gasteiger partial charge in [0.15, 0.2) is 10.9 Å². The first-order valence-electron chi connectivity index (χ1n) is 10.0. The summed E-state index contributed by atoms with van der Waals surface area (Å²) in [5.41, 5.74) is -0.0241. The summed E-state index contributed by atoms with van der Waals surface area (Å²) in [4.78, 5) is 26.8. The summed E-state index contributed by atoms with van der Waals surface area (Å²) < 4.78 is 0. The Morgan fingerprint density at radius 3 is 1.17 bits per heavy atom. The maximum absolute atomic E-state index is 13.4. The minimum Gasteiger partial charge on any atom is -0.289 e. The van der Waals surface area contributed by atoms with Crippen LogP contribution in [-0.4, -0.2) is 0 Å². The van der Waals surface area contributed by atoms with E-state index in [0.717, 1.165) is 43.1 Å². The lowest BCUT2D eigenvalue weighted by Gasteiger charge is -2.12. The Morgan fingerprint density at radius 2 is 0.733 bits per heavy atom. The summed E-state index contributed by atoms with van der Waals surface area (Å²) in [6.07, 6.45) is 0. The van der Waals surface area contributed by atoms with Crippen LogP contribution in [-0.2, 0) is 0 Å². The van der Waals surface area contributed by atoms with Crippen LogP contribution >= 0.6 is 0 Å². The van der Waals surface area contributed by atoms with Gasteiger partial charge in [0.2, 0.25) is 0 Å². The van der Waals surface area contributed by atoms with Crippen LogP contribution < -0.4 is 10.9 Å². The molecule has 0 spiro atoms. The van der Waals surface area contributed by atoms with Gasteiger partial charge in [-0.15, -0.1) is 0 Å². The topological polar surface area (TPSA) is 34.1 Å². The fraction of sp³-hybridized carbons (Fsp3) is 0. The number of hydrogen-bond acceptors (Lipinski definition) is 2. The van der Waals surface area contributed by atoms with Gasteiger partial charge in [0, 0.05) is 32.3 Å². The molecule has 0 heterocycles. The van der Waals surface area contributed by atoms with E-state index in [-0.39, 0.29) is 10.9 Å². The van der Waals surface area contributed by atoms with Gasteiger partial charge < -0.3 is 0 Å². The van der Waals surface area contributed by atoms with Crippen LogP contribution in [0.3, 0.4) is 0 Å². The minimum atomic E-state index is -0.0121. The van der Waals surface area contributed by atoms with Crippen LogP contribution in [0.1, 0.15) is 0 Å². The molecular weight excluding hydrogens is 368 g/mol. The van der Waals surface area contributed by atoms with E-state index < -0.39 is 0 Å². The molecule has 0 aliphatic rings. The lowest BCUT2D eigenvalue weighted by molar-refractivity contribution is 1.72. The monoisotopic (exact) mass is 382 g/mol. The van der Waals surface area contributed by atoms with Gasteiger partial charge in [-0.05, 0) is 44.5 Å². The molecule has 0 amide bonds. The molecule has 0 fully saturated rings. The van der Waals surface area contributed by atoms with Gasteiger partial charge in [0.1, 0.15) is 0 Å². The summed E-state index contributed by atoms with van der Waals surface area (Å²) in [6.45, 7) is 0. The molecule has 0 saturated carbocycles. The Balaban J connectivity index is 1.86. The highest BCUT2D eigenvalue weighted by molar-refractivity contribution is 6.27. The van der Waals surface area contributed by atoms with E-state index in [1.54, 1.807) is 0 Å². The van der Waals surface area contributed by atoms with Crippen molar-refractivity contribution in [1.82, 2.24) is 0 Å². The van der Waals surface area contributed by atoms with Crippen molar-refractivity contribution in [2.75, 3.05) is 0 Å². The van der Waals surface area contributed by atoms with E-state index in [0.29, 0.717) is 21.5 Å². The Morgan fingerprint density at radius 1 is 0.367 bits per heavy atom. The maximum atomic E-state index is 13.4. The van der Waals surface area contributed by atoms with Gasteiger partial charge in [-0.2, -0.15) is 0 Å². The number of hydrogen-bond donors (Lipinski definition) is 0. The van der Waals surface area contributed by atoms with Gasteiger partial charge in [0.25, 0.3) is 0 Å². The van der Waals surface area contributed by atoms with Crippen molar-refractivity contribution in [3.05, 3.63) is 105 Å². The zero-order valence-corrected chi connectivity index (χ0v) is 15.9. The third-order valence-corrected chi connectivity index (χ3v) is 6.53. The smallest absolute Gasteiger partial charge is 0.194 e. The van der Waals surface area contributed by atoms with E-state index in [2.05, 4.69) is 18.2 Å². The molecule has 0 aliphatic heterocycles.